The number of rotatable bonds is 5. The second kappa shape index (κ2) is 8.21. The third-order valence-corrected chi connectivity index (χ3v) is 6.05. The van der Waals surface area contributed by atoms with Crippen molar-refractivity contribution >= 4 is 50.3 Å². The van der Waals surface area contributed by atoms with E-state index in [9.17, 15) is 9.00 Å². The number of pyridine rings is 1. The van der Waals surface area contributed by atoms with Crippen molar-refractivity contribution in [2.45, 2.75) is 30.7 Å². The second-order valence-electron chi connectivity index (χ2n) is 5.88. The van der Waals surface area contributed by atoms with E-state index >= 15 is 0 Å². The lowest BCUT2D eigenvalue weighted by atomic mass is 9.99. The summed E-state index contributed by atoms with van der Waals surface area (Å²) >= 11 is 7.57. The molecule has 2 aromatic heterocycles. The van der Waals surface area contributed by atoms with Crippen LogP contribution in [-0.2, 0) is 15.6 Å². The third-order valence-electron chi connectivity index (χ3n) is 4.09. The van der Waals surface area contributed by atoms with Crippen LogP contribution in [0.1, 0.15) is 31.2 Å². The highest BCUT2D eigenvalue weighted by molar-refractivity contribution is 7.84. The molecular formula is C17H18ClN3O2S2. The number of thiazole rings is 1. The van der Waals surface area contributed by atoms with Crippen LogP contribution in [0.4, 0.5) is 5.13 Å². The first kappa shape index (κ1) is 18.2. The Kier molecular flexibility index (Phi) is 5.98. The quantitative estimate of drug-likeness (QED) is 0.772. The first-order valence-electron chi connectivity index (χ1n) is 7.96. The van der Waals surface area contributed by atoms with Gasteiger partial charge in [0, 0.05) is 35.2 Å². The molecule has 5 nitrogen and oxygen atoms in total. The number of hydrogen-bond donors (Lipinski definition) is 1. The Hall–Kier alpha value is -1.57. The third kappa shape index (κ3) is 4.54. The SMILES string of the molecule is CS(=O)c1ncc(C(=CC2CCCC2)C(=O)Nc2nccs2)cc1Cl. The summed E-state index contributed by atoms with van der Waals surface area (Å²) < 4.78 is 11.6. The highest BCUT2D eigenvalue weighted by Crippen LogP contribution is 2.31. The molecule has 25 heavy (non-hydrogen) atoms. The van der Waals surface area contributed by atoms with Gasteiger partial charge in [0.2, 0.25) is 0 Å². The number of nitrogens with zero attached hydrogens (tertiary/aromatic N) is 2. The fourth-order valence-corrected chi connectivity index (χ4v) is 4.45. The Balaban J connectivity index is 1.94. The number of nitrogens with one attached hydrogen (secondary N) is 1. The van der Waals surface area contributed by atoms with Gasteiger partial charge in [0.25, 0.3) is 5.91 Å². The van der Waals surface area contributed by atoms with Gasteiger partial charge < -0.3 is 0 Å². The van der Waals surface area contributed by atoms with Gasteiger partial charge in [0.15, 0.2) is 5.13 Å². The summed E-state index contributed by atoms with van der Waals surface area (Å²) in [6.45, 7) is 0. The average molecular weight is 396 g/mol. The second-order valence-corrected chi connectivity index (χ2v) is 8.48. The van der Waals surface area contributed by atoms with Crippen molar-refractivity contribution < 1.29 is 9.00 Å². The van der Waals surface area contributed by atoms with E-state index in [2.05, 4.69) is 15.3 Å². The summed E-state index contributed by atoms with van der Waals surface area (Å²) in [5.41, 5.74) is 1.16. The molecule has 2 aromatic rings. The van der Waals surface area contributed by atoms with Gasteiger partial charge in [-0.2, -0.15) is 0 Å². The molecule has 8 heteroatoms. The lowest BCUT2D eigenvalue weighted by Gasteiger charge is -2.11. The number of allylic oxidation sites excluding steroid dienone is 1. The lowest BCUT2D eigenvalue weighted by Crippen LogP contribution is -2.15. The van der Waals surface area contributed by atoms with Crippen LogP contribution < -0.4 is 5.32 Å². The number of aromatic nitrogens is 2. The molecule has 0 bridgehead atoms. The van der Waals surface area contributed by atoms with E-state index < -0.39 is 10.8 Å². The van der Waals surface area contributed by atoms with Crippen LogP contribution in [0.5, 0.6) is 0 Å². The Labute approximate surface area is 158 Å². The fraction of sp³-hybridized carbons (Fsp3) is 0.353. The van der Waals surface area contributed by atoms with E-state index in [1.807, 2.05) is 6.08 Å². The van der Waals surface area contributed by atoms with Crippen LogP contribution in [0.15, 0.2) is 34.9 Å². The zero-order valence-corrected chi connectivity index (χ0v) is 16.1. The molecule has 1 saturated carbocycles. The minimum atomic E-state index is -1.27. The van der Waals surface area contributed by atoms with E-state index in [0.29, 0.717) is 32.2 Å². The summed E-state index contributed by atoms with van der Waals surface area (Å²) in [6, 6.07) is 1.66. The molecule has 1 unspecified atom stereocenters. The predicted octanol–water partition coefficient (Wildman–Crippen LogP) is 4.14. The summed E-state index contributed by atoms with van der Waals surface area (Å²) in [5, 5.41) is 5.80. The highest BCUT2D eigenvalue weighted by Gasteiger charge is 2.20. The van der Waals surface area contributed by atoms with Gasteiger partial charge >= 0.3 is 0 Å². The molecule has 1 N–H and O–H groups in total. The van der Waals surface area contributed by atoms with Crippen LogP contribution in [0.3, 0.4) is 0 Å². The first-order valence-corrected chi connectivity index (χ1v) is 10.8. The van der Waals surface area contributed by atoms with Crippen molar-refractivity contribution in [3.05, 3.63) is 40.5 Å². The average Bonchev–Trinajstić information content (AvgIpc) is 3.25. The van der Waals surface area contributed by atoms with E-state index in [0.717, 1.165) is 12.8 Å². The van der Waals surface area contributed by atoms with Crippen molar-refractivity contribution in [1.29, 1.82) is 0 Å². The summed E-state index contributed by atoms with van der Waals surface area (Å²) in [4.78, 5) is 21.1. The lowest BCUT2D eigenvalue weighted by molar-refractivity contribution is -0.111. The molecule has 2 heterocycles. The summed E-state index contributed by atoms with van der Waals surface area (Å²) in [7, 11) is -1.27. The number of amides is 1. The van der Waals surface area contributed by atoms with Gasteiger partial charge in [0.1, 0.15) is 5.03 Å². The van der Waals surface area contributed by atoms with E-state index in [1.165, 1.54) is 30.4 Å². The molecular weight excluding hydrogens is 378 g/mol. The minimum absolute atomic E-state index is 0.231. The maximum absolute atomic E-state index is 12.8. The molecule has 132 valence electrons. The van der Waals surface area contributed by atoms with Gasteiger partial charge in [-0.1, -0.05) is 30.5 Å². The largest absolute Gasteiger partial charge is 0.298 e. The normalized spacial score (nSPS) is 16.8. The van der Waals surface area contributed by atoms with Crippen LogP contribution in [0.2, 0.25) is 5.02 Å². The van der Waals surface area contributed by atoms with Crippen molar-refractivity contribution in [3.63, 3.8) is 0 Å². The Morgan fingerprint density at radius 3 is 2.76 bits per heavy atom. The molecule has 0 radical (unpaired) electrons. The smallest absolute Gasteiger partial charge is 0.257 e. The topological polar surface area (TPSA) is 72.0 Å². The maximum Gasteiger partial charge on any atom is 0.257 e. The number of carbonyl (C=O) groups is 1. The molecule has 1 aliphatic rings. The predicted molar refractivity (Wildman–Crippen MR) is 102 cm³/mol. The monoisotopic (exact) mass is 395 g/mol. The molecule has 3 rings (SSSR count). The van der Waals surface area contributed by atoms with Crippen LogP contribution in [0.25, 0.3) is 5.57 Å². The Bertz CT molecular complexity index is 815. The molecule has 0 aliphatic heterocycles. The molecule has 1 amide bonds. The summed E-state index contributed by atoms with van der Waals surface area (Å²) in [5.74, 6) is 0.140. The standard InChI is InChI=1S/C17H18ClN3O2S2/c1-25(23)16-14(18)9-12(10-20-16)13(8-11-4-2-3-5-11)15(22)21-17-19-6-7-24-17/h6-11H,2-5H2,1H3,(H,19,21,22). The van der Waals surface area contributed by atoms with Gasteiger partial charge in [-0.3, -0.25) is 14.3 Å². The zero-order valence-electron chi connectivity index (χ0n) is 13.7. The van der Waals surface area contributed by atoms with Crippen molar-refractivity contribution in [1.82, 2.24) is 9.97 Å². The zero-order chi connectivity index (χ0) is 17.8. The number of carbonyl (C=O) groups excluding carboxylic acids is 1. The van der Waals surface area contributed by atoms with Crippen molar-refractivity contribution in [3.8, 4) is 0 Å². The highest BCUT2D eigenvalue weighted by atomic mass is 35.5. The van der Waals surface area contributed by atoms with Crippen molar-refractivity contribution in [2.75, 3.05) is 11.6 Å². The van der Waals surface area contributed by atoms with Crippen LogP contribution >= 0.6 is 22.9 Å². The number of halogens is 1. The molecule has 0 saturated heterocycles. The Morgan fingerprint density at radius 2 is 2.16 bits per heavy atom. The molecule has 1 atom stereocenters. The van der Waals surface area contributed by atoms with Crippen LogP contribution in [0, 0.1) is 5.92 Å². The Morgan fingerprint density at radius 1 is 1.40 bits per heavy atom. The maximum atomic E-state index is 12.8. The van der Waals surface area contributed by atoms with Gasteiger partial charge in [-0.25, -0.2) is 9.97 Å². The molecule has 0 spiro atoms. The summed E-state index contributed by atoms with van der Waals surface area (Å²) in [6.07, 6.45) is 11.2. The fourth-order valence-electron chi connectivity index (χ4n) is 2.90. The number of hydrogen-bond acceptors (Lipinski definition) is 5. The first-order chi connectivity index (χ1) is 12.0. The van der Waals surface area contributed by atoms with E-state index in [1.54, 1.807) is 23.8 Å². The number of anilines is 1. The minimum Gasteiger partial charge on any atom is -0.298 e. The van der Waals surface area contributed by atoms with E-state index in [4.69, 9.17) is 11.6 Å². The molecule has 1 fully saturated rings. The van der Waals surface area contributed by atoms with E-state index in [-0.39, 0.29) is 5.91 Å². The van der Waals surface area contributed by atoms with Gasteiger partial charge in [-0.15, -0.1) is 11.3 Å². The molecule has 1 aliphatic carbocycles. The van der Waals surface area contributed by atoms with Crippen molar-refractivity contribution in [2.24, 2.45) is 5.92 Å². The molecule has 0 aromatic carbocycles. The van der Waals surface area contributed by atoms with Gasteiger partial charge in [-0.05, 0) is 24.8 Å². The van der Waals surface area contributed by atoms with Crippen LogP contribution in [-0.4, -0.2) is 26.3 Å². The van der Waals surface area contributed by atoms with Gasteiger partial charge in [0.05, 0.1) is 15.8 Å².